The summed E-state index contributed by atoms with van der Waals surface area (Å²) in [6.45, 7) is 6.98. The second-order valence-corrected chi connectivity index (χ2v) is 26.1. The van der Waals surface area contributed by atoms with E-state index >= 15 is 0 Å². The first-order valence-electron chi connectivity index (χ1n) is 16.3. The Hall–Kier alpha value is -2.35. The molecule has 0 amide bonds. The van der Waals surface area contributed by atoms with Gasteiger partial charge in [-0.1, -0.05) is 68.3 Å². The molecule has 0 aliphatic carbocycles. The molecule has 0 spiro atoms. The van der Waals surface area contributed by atoms with Crippen LogP contribution in [0, 0.1) is 0 Å². The largest absolute Gasteiger partial charge is 0.256 e. The van der Waals surface area contributed by atoms with E-state index in [0.29, 0.717) is 0 Å². The maximum atomic E-state index is 4.80. The van der Waals surface area contributed by atoms with E-state index in [4.69, 9.17) is 4.98 Å². The van der Waals surface area contributed by atoms with Gasteiger partial charge in [-0.15, -0.1) is 0 Å². The third-order valence-electron chi connectivity index (χ3n) is 7.81. The average Bonchev–Trinajstić information content (AvgIpc) is 3.10. The summed E-state index contributed by atoms with van der Waals surface area (Å²) in [5, 5.41) is 0. The maximum absolute atomic E-state index is 4.80. The fraction of sp³-hybridized carbons (Fsp3) is 0.308. The molecular weight excluding hydrogens is 789 g/mol. The van der Waals surface area contributed by atoms with Crippen molar-refractivity contribution >= 4 is 53.9 Å². The molecule has 2 aromatic carbocycles. The third kappa shape index (κ3) is 13.1. The minimum absolute atomic E-state index is 0.982. The summed E-state index contributed by atoms with van der Waals surface area (Å²) >= 11 is 4.46. The SMILES string of the molecule is Brc1cccc(Br)c1.CCC[CH2][Sn]([CH2]CCC)([CH2]CCC)[c]1ccccn1.c1ccc(-c2cccc(-c3ccccn3)c2)nc1. The van der Waals surface area contributed by atoms with E-state index in [0.717, 1.165) is 31.5 Å². The monoisotopic (exact) mass is 835 g/mol. The molecule has 5 aromatic rings. The summed E-state index contributed by atoms with van der Waals surface area (Å²) < 4.78 is 8.30. The van der Waals surface area contributed by atoms with Crippen molar-refractivity contribution in [1.29, 1.82) is 0 Å². The second-order valence-electron chi connectivity index (χ2n) is 11.3. The number of halogens is 2. The van der Waals surface area contributed by atoms with Gasteiger partial charge in [-0.3, -0.25) is 9.97 Å². The molecule has 0 saturated carbocycles. The normalized spacial score (nSPS) is 10.7. The third-order valence-corrected chi connectivity index (χ3v) is 24.0. The van der Waals surface area contributed by atoms with Crippen LogP contribution in [-0.2, 0) is 0 Å². The van der Waals surface area contributed by atoms with Crippen LogP contribution in [0.2, 0.25) is 13.3 Å². The van der Waals surface area contributed by atoms with Crippen LogP contribution in [0.5, 0.6) is 0 Å². The Bertz CT molecular complexity index is 1390. The van der Waals surface area contributed by atoms with E-state index in [1.165, 1.54) is 51.8 Å². The van der Waals surface area contributed by atoms with Crippen molar-refractivity contribution in [2.75, 3.05) is 0 Å². The van der Waals surface area contributed by atoms with Crippen molar-refractivity contribution in [3.05, 3.63) is 131 Å². The van der Waals surface area contributed by atoms with Gasteiger partial charge in [0, 0.05) is 32.5 Å². The quantitative estimate of drug-likeness (QED) is 0.118. The molecule has 3 heterocycles. The van der Waals surface area contributed by atoms with E-state index in [2.05, 4.69) is 99.0 Å². The molecule has 0 bridgehead atoms. The van der Waals surface area contributed by atoms with Crippen LogP contribution in [0.3, 0.4) is 0 Å². The molecule has 5 rings (SSSR count). The molecule has 236 valence electrons. The van der Waals surface area contributed by atoms with Crippen LogP contribution >= 0.6 is 31.9 Å². The number of rotatable bonds is 12. The van der Waals surface area contributed by atoms with Gasteiger partial charge in [0.2, 0.25) is 0 Å². The first-order chi connectivity index (χ1) is 22.0. The molecule has 0 aliphatic rings. The van der Waals surface area contributed by atoms with Crippen molar-refractivity contribution in [3.63, 3.8) is 0 Å². The Morgan fingerprint density at radius 1 is 0.489 bits per heavy atom. The van der Waals surface area contributed by atoms with Gasteiger partial charge < -0.3 is 0 Å². The molecule has 0 unspecified atom stereocenters. The van der Waals surface area contributed by atoms with Crippen LogP contribution in [0.1, 0.15) is 59.3 Å². The smallest absolute Gasteiger partial charge is 0.0702 e. The number of aromatic nitrogens is 3. The van der Waals surface area contributed by atoms with E-state index in [9.17, 15) is 0 Å². The summed E-state index contributed by atoms with van der Waals surface area (Å²) in [5.74, 6) is 0. The Morgan fingerprint density at radius 3 is 1.29 bits per heavy atom. The standard InChI is InChI=1S/C16H12N2.C6H4Br2.C5H4N.3C4H9.Sn/c1-3-10-17-15(8-1)13-6-5-7-14(12-13)16-9-2-4-11-18-16;7-5-2-1-3-6(8)4-5;1-2-4-6-5-3-1;3*1-3-4-2;/h1-12H;1-4H;1-4H;3*1,3-4H2,2H3;. The van der Waals surface area contributed by atoms with Crippen LogP contribution in [-0.4, -0.2) is 33.3 Å². The van der Waals surface area contributed by atoms with E-state index in [1.807, 2.05) is 85.3 Å². The summed E-state index contributed by atoms with van der Waals surface area (Å²) in [6.07, 6.45) is 13.9. The van der Waals surface area contributed by atoms with E-state index in [-0.39, 0.29) is 0 Å². The number of hydrogen-bond donors (Lipinski definition) is 0. The van der Waals surface area contributed by atoms with Crippen molar-refractivity contribution in [2.24, 2.45) is 0 Å². The summed E-state index contributed by atoms with van der Waals surface area (Å²) in [6, 6.07) is 34.7. The van der Waals surface area contributed by atoms with Gasteiger partial charge in [0.15, 0.2) is 0 Å². The first-order valence-corrected chi connectivity index (χ1v) is 25.3. The van der Waals surface area contributed by atoms with Crippen molar-refractivity contribution < 1.29 is 0 Å². The minimum atomic E-state index is -2.21. The topological polar surface area (TPSA) is 38.7 Å². The zero-order valence-corrected chi connectivity index (χ0v) is 33.0. The molecule has 0 N–H and O–H groups in total. The zero-order chi connectivity index (χ0) is 32.2. The van der Waals surface area contributed by atoms with Gasteiger partial charge >= 0.3 is 124 Å². The molecule has 0 fully saturated rings. The van der Waals surface area contributed by atoms with Crippen molar-refractivity contribution in [2.45, 2.75) is 72.6 Å². The fourth-order valence-corrected chi connectivity index (χ4v) is 21.9. The summed E-state index contributed by atoms with van der Waals surface area (Å²) in [7, 11) is 0. The number of benzene rings is 2. The number of hydrogen-bond acceptors (Lipinski definition) is 3. The molecule has 0 radical (unpaired) electrons. The van der Waals surface area contributed by atoms with Crippen LogP contribution in [0.15, 0.2) is 131 Å². The average molecular weight is 836 g/mol. The fourth-order valence-electron chi connectivity index (χ4n) is 5.35. The molecule has 3 aromatic heterocycles. The number of unbranched alkanes of at least 4 members (excludes halogenated alkanes) is 3. The minimum Gasteiger partial charge on any atom is -0.256 e. The Morgan fingerprint density at radius 2 is 0.933 bits per heavy atom. The number of pyridine rings is 3. The summed E-state index contributed by atoms with van der Waals surface area (Å²) in [4.78, 5) is 13.5. The molecule has 0 saturated heterocycles. The molecular formula is C39H47Br2N3Sn. The van der Waals surface area contributed by atoms with Gasteiger partial charge in [-0.25, -0.2) is 0 Å². The molecule has 0 aliphatic heterocycles. The number of nitrogens with zero attached hydrogens (tertiary/aromatic N) is 3. The first kappa shape index (κ1) is 37.1. The Labute approximate surface area is 292 Å². The van der Waals surface area contributed by atoms with Gasteiger partial charge in [0.25, 0.3) is 0 Å². The van der Waals surface area contributed by atoms with Crippen molar-refractivity contribution in [1.82, 2.24) is 15.0 Å². The van der Waals surface area contributed by atoms with E-state index < -0.39 is 18.4 Å². The van der Waals surface area contributed by atoms with Crippen LogP contribution in [0.25, 0.3) is 22.5 Å². The second kappa shape index (κ2) is 21.4. The Balaban J connectivity index is 0.000000198. The van der Waals surface area contributed by atoms with Gasteiger partial charge in [-0.05, 0) is 48.5 Å². The van der Waals surface area contributed by atoms with E-state index in [1.54, 1.807) is 3.71 Å². The molecule has 0 atom stereocenters. The van der Waals surface area contributed by atoms with Crippen LogP contribution in [0.4, 0.5) is 0 Å². The summed E-state index contributed by atoms with van der Waals surface area (Å²) in [5.41, 5.74) is 4.18. The van der Waals surface area contributed by atoms with Crippen molar-refractivity contribution in [3.8, 4) is 22.5 Å². The van der Waals surface area contributed by atoms with Gasteiger partial charge in [0.05, 0.1) is 11.4 Å². The maximum Gasteiger partial charge on any atom is 0.0702 e. The predicted molar refractivity (Wildman–Crippen MR) is 204 cm³/mol. The van der Waals surface area contributed by atoms with Gasteiger partial charge in [-0.2, -0.15) is 0 Å². The molecule has 6 heteroatoms. The zero-order valence-electron chi connectivity index (χ0n) is 27.0. The van der Waals surface area contributed by atoms with Crippen LogP contribution < -0.4 is 3.71 Å². The van der Waals surface area contributed by atoms with Gasteiger partial charge in [0.1, 0.15) is 0 Å². The predicted octanol–water partition coefficient (Wildman–Crippen LogP) is 12.2. The molecule has 3 nitrogen and oxygen atoms in total. The Kier molecular flexibility index (Phi) is 17.7. The molecule has 45 heavy (non-hydrogen) atoms.